The van der Waals surface area contributed by atoms with E-state index in [-0.39, 0.29) is 5.84 Å². The average Bonchev–Trinajstić information content (AvgIpc) is 2.37. The fraction of sp³-hybridized carbons (Fsp3) is 0.214. The summed E-state index contributed by atoms with van der Waals surface area (Å²) >= 11 is 0. The lowest BCUT2D eigenvalue weighted by molar-refractivity contribution is 0.982. The third-order valence-corrected chi connectivity index (χ3v) is 2.86. The minimum absolute atomic E-state index is 0.0722. The SMILES string of the molecule is Cc1cc(N(C)c2ccc(C(=N)N)cc2)nc(C)n1. The summed E-state index contributed by atoms with van der Waals surface area (Å²) in [6.45, 7) is 3.83. The van der Waals surface area contributed by atoms with E-state index in [0.29, 0.717) is 5.56 Å². The van der Waals surface area contributed by atoms with Crippen molar-refractivity contribution in [1.82, 2.24) is 9.97 Å². The maximum absolute atomic E-state index is 7.38. The van der Waals surface area contributed by atoms with Crippen LogP contribution in [0.1, 0.15) is 17.1 Å². The summed E-state index contributed by atoms with van der Waals surface area (Å²) in [5.74, 6) is 1.67. The molecule has 2 rings (SSSR count). The summed E-state index contributed by atoms with van der Waals surface area (Å²) in [4.78, 5) is 10.7. The second-order valence-electron chi connectivity index (χ2n) is 4.43. The first-order chi connectivity index (χ1) is 8.97. The molecule has 0 radical (unpaired) electrons. The molecule has 0 saturated carbocycles. The number of benzene rings is 1. The molecule has 0 spiro atoms. The quantitative estimate of drug-likeness (QED) is 0.650. The number of nitrogen functional groups attached to an aromatic ring is 1. The van der Waals surface area contributed by atoms with Crippen molar-refractivity contribution in [3.8, 4) is 0 Å². The Hall–Kier alpha value is -2.43. The first-order valence-corrected chi connectivity index (χ1v) is 5.98. The molecule has 1 aromatic heterocycles. The van der Waals surface area contributed by atoms with Crippen molar-refractivity contribution in [2.75, 3.05) is 11.9 Å². The average molecular weight is 255 g/mol. The summed E-state index contributed by atoms with van der Waals surface area (Å²) in [5, 5.41) is 7.38. The molecule has 0 aliphatic rings. The Bertz CT molecular complexity index is 583. The Morgan fingerprint density at radius 2 is 1.79 bits per heavy atom. The van der Waals surface area contributed by atoms with Gasteiger partial charge >= 0.3 is 0 Å². The van der Waals surface area contributed by atoms with Crippen LogP contribution in [-0.4, -0.2) is 22.9 Å². The van der Waals surface area contributed by atoms with E-state index in [1.807, 2.05) is 56.1 Å². The van der Waals surface area contributed by atoms with E-state index in [1.54, 1.807) is 0 Å². The maximum Gasteiger partial charge on any atom is 0.136 e. The third-order valence-electron chi connectivity index (χ3n) is 2.86. The van der Waals surface area contributed by atoms with E-state index in [0.717, 1.165) is 23.0 Å². The lowest BCUT2D eigenvalue weighted by atomic mass is 10.2. The molecule has 0 atom stereocenters. The summed E-state index contributed by atoms with van der Waals surface area (Å²) in [5.41, 5.74) is 8.08. The molecule has 0 bridgehead atoms. The van der Waals surface area contributed by atoms with Crippen molar-refractivity contribution in [1.29, 1.82) is 5.41 Å². The molecule has 0 amide bonds. The van der Waals surface area contributed by atoms with E-state index in [9.17, 15) is 0 Å². The number of hydrogen-bond acceptors (Lipinski definition) is 4. The van der Waals surface area contributed by atoms with Crippen LogP contribution in [-0.2, 0) is 0 Å². The van der Waals surface area contributed by atoms with E-state index in [2.05, 4.69) is 9.97 Å². The molecule has 19 heavy (non-hydrogen) atoms. The van der Waals surface area contributed by atoms with Gasteiger partial charge in [0.25, 0.3) is 0 Å². The molecule has 0 saturated heterocycles. The fourth-order valence-electron chi connectivity index (χ4n) is 1.87. The number of anilines is 2. The van der Waals surface area contributed by atoms with Crippen LogP contribution in [0, 0.1) is 19.3 Å². The fourth-order valence-corrected chi connectivity index (χ4v) is 1.87. The highest BCUT2D eigenvalue weighted by Crippen LogP contribution is 2.22. The van der Waals surface area contributed by atoms with Crippen LogP contribution in [0.25, 0.3) is 0 Å². The third kappa shape index (κ3) is 2.88. The molecular weight excluding hydrogens is 238 g/mol. The number of amidine groups is 1. The zero-order chi connectivity index (χ0) is 14.0. The highest BCUT2D eigenvalue weighted by Gasteiger charge is 2.07. The zero-order valence-corrected chi connectivity index (χ0v) is 11.3. The van der Waals surface area contributed by atoms with Crippen LogP contribution in [0.5, 0.6) is 0 Å². The first kappa shape index (κ1) is 13.0. The summed E-state index contributed by atoms with van der Waals surface area (Å²) in [7, 11) is 1.95. The molecule has 0 fully saturated rings. The molecule has 1 aromatic carbocycles. The molecule has 0 aliphatic carbocycles. The monoisotopic (exact) mass is 255 g/mol. The highest BCUT2D eigenvalue weighted by molar-refractivity contribution is 5.95. The normalized spacial score (nSPS) is 10.3. The Morgan fingerprint density at radius 3 is 2.32 bits per heavy atom. The number of aryl methyl sites for hydroxylation is 2. The number of nitrogens with one attached hydrogen (secondary N) is 1. The van der Waals surface area contributed by atoms with Gasteiger partial charge in [0.05, 0.1) is 0 Å². The van der Waals surface area contributed by atoms with Crippen molar-refractivity contribution in [3.63, 3.8) is 0 Å². The van der Waals surface area contributed by atoms with E-state index < -0.39 is 0 Å². The van der Waals surface area contributed by atoms with Gasteiger partial charge in [0, 0.05) is 30.1 Å². The lowest BCUT2D eigenvalue weighted by Crippen LogP contribution is -2.14. The van der Waals surface area contributed by atoms with Gasteiger partial charge in [0.1, 0.15) is 17.5 Å². The number of aromatic nitrogens is 2. The number of nitrogens with zero attached hydrogens (tertiary/aromatic N) is 3. The number of rotatable bonds is 3. The van der Waals surface area contributed by atoms with Crippen molar-refractivity contribution < 1.29 is 0 Å². The Labute approximate surface area is 112 Å². The van der Waals surface area contributed by atoms with Gasteiger partial charge in [-0.3, -0.25) is 5.41 Å². The van der Waals surface area contributed by atoms with E-state index >= 15 is 0 Å². The van der Waals surface area contributed by atoms with Crippen molar-refractivity contribution in [2.45, 2.75) is 13.8 Å². The minimum atomic E-state index is 0.0722. The molecule has 5 heteroatoms. The van der Waals surface area contributed by atoms with Gasteiger partial charge in [-0.15, -0.1) is 0 Å². The van der Waals surface area contributed by atoms with E-state index in [4.69, 9.17) is 11.1 Å². The Morgan fingerprint density at radius 1 is 1.16 bits per heavy atom. The van der Waals surface area contributed by atoms with Gasteiger partial charge in [0.2, 0.25) is 0 Å². The highest BCUT2D eigenvalue weighted by atomic mass is 15.2. The smallest absolute Gasteiger partial charge is 0.136 e. The van der Waals surface area contributed by atoms with Gasteiger partial charge in [-0.1, -0.05) is 0 Å². The predicted octanol–water partition coefficient (Wildman–Crippen LogP) is 2.15. The second-order valence-corrected chi connectivity index (χ2v) is 4.43. The number of hydrogen-bond donors (Lipinski definition) is 2. The van der Waals surface area contributed by atoms with Gasteiger partial charge in [-0.25, -0.2) is 9.97 Å². The van der Waals surface area contributed by atoms with Gasteiger partial charge in [0.15, 0.2) is 0 Å². The molecular formula is C14H17N5. The van der Waals surface area contributed by atoms with Gasteiger partial charge in [-0.05, 0) is 38.1 Å². The van der Waals surface area contributed by atoms with Crippen LogP contribution < -0.4 is 10.6 Å². The van der Waals surface area contributed by atoms with Gasteiger partial charge < -0.3 is 10.6 Å². The minimum Gasteiger partial charge on any atom is -0.384 e. The standard InChI is InChI=1S/C14H17N5/c1-9-8-13(18-10(2)17-9)19(3)12-6-4-11(5-7-12)14(15)16/h4-8H,1-3H3,(H3,15,16). The van der Waals surface area contributed by atoms with Crippen molar-refractivity contribution in [3.05, 3.63) is 47.4 Å². The molecule has 5 nitrogen and oxygen atoms in total. The van der Waals surface area contributed by atoms with Crippen molar-refractivity contribution in [2.24, 2.45) is 5.73 Å². The van der Waals surface area contributed by atoms with E-state index in [1.165, 1.54) is 0 Å². The van der Waals surface area contributed by atoms with Crippen molar-refractivity contribution >= 4 is 17.3 Å². The number of nitrogens with two attached hydrogens (primary N) is 1. The predicted molar refractivity (Wildman–Crippen MR) is 77.0 cm³/mol. The molecule has 3 N–H and O–H groups in total. The second kappa shape index (κ2) is 5.06. The van der Waals surface area contributed by atoms with Crippen LogP contribution in [0.2, 0.25) is 0 Å². The lowest BCUT2D eigenvalue weighted by Gasteiger charge is -2.19. The zero-order valence-electron chi connectivity index (χ0n) is 11.3. The summed E-state index contributed by atoms with van der Waals surface area (Å²) in [6.07, 6.45) is 0. The topological polar surface area (TPSA) is 78.9 Å². The van der Waals surface area contributed by atoms with Crippen LogP contribution in [0.3, 0.4) is 0 Å². The molecule has 0 unspecified atom stereocenters. The molecule has 0 aliphatic heterocycles. The van der Waals surface area contributed by atoms with Gasteiger partial charge in [-0.2, -0.15) is 0 Å². The maximum atomic E-state index is 7.38. The molecule has 98 valence electrons. The molecule has 1 heterocycles. The largest absolute Gasteiger partial charge is 0.384 e. The van der Waals surface area contributed by atoms with Crippen LogP contribution >= 0.6 is 0 Å². The first-order valence-electron chi connectivity index (χ1n) is 5.98. The Balaban J connectivity index is 2.32. The Kier molecular flexibility index (Phi) is 3.46. The van der Waals surface area contributed by atoms with Crippen LogP contribution in [0.15, 0.2) is 30.3 Å². The summed E-state index contributed by atoms with van der Waals surface area (Å²) < 4.78 is 0. The van der Waals surface area contributed by atoms with Crippen LogP contribution in [0.4, 0.5) is 11.5 Å². The molecule has 2 aromatic rings. The summed E-state index contributed by atoms with van der Waals surface area (Å²) in [6, 6.07) is 9.43.